The van der Waals surface area contributed by atoms with Crippen LogP contribution in [0, 0.1) is 0 Å². The van der Waals surface area contributed by atoms with Crippen LogP contribution in [0.4, 0.5) is 13.2 Å². The Hall–Kier alpha value is -0.780. The summed E-state index contributed by atoms with van der Waals surface area (Å²) in [6.45, 7) is 1.62. The second kappa shape index (κ2) is 4.30. The number of carboxylic acids is 1. The number of alkyl halides is 3. The number of rotatable bonds is 4. The summed E-state index contributed by atoms with van der Waals surface area (Å²) in [6, 6.07) is -1.53. The maximum absolute atomic E-state index is 11.6. The lowest BCUT2D eigenvalue weighted by molar-refractivity contribution is -0.174. The lowest BCUT2D eigenvalue weighted by Gasteiger charge is -2.15. The molecule has 6 heteroatoms. The van der Waals surface area contributed by atoms with Gasteiger partial charge < -0.3 is 5.11 Å². The fourth-order valence-corrected chi connectivity index (χ4v) is 0.744. The molecule has 3 nitrogen and oxygen atoms in total. The number of nitrogens with one attached hydrogen (secondary N) is 1. The SMILES string of the molecule is CCC[C@H](NC(F)(F)F)C(=O)O. The van der Waals surface area contributed by atoms with Crippen LogP contribution in [0.5, 0.6) is 0 Å². The topological polar surface area (TPSA) is 49.3 Å². The molecule has 0 rings (SSSR count). The van der Waals surface area contributed by atoms with E-state index in [0.717, 1.165) is 5.32 Å². The van der Waals surface area contributed by atoms with Crippen LogP contribution in [0.15, 0.2) is 0 Å². The summed E-state index contributed by atoms with van der Waals surface area (Å²) >= 11 is 0. The van der Waals surface area contributed by atoms with Crippen molar-refractivity contribution in [3.05, 3.63) is 0 Å². The van der Waals surface area contributed by atoms with Crippen LogP contribution in [0.3, 0.4) is 0 Å². The van der Waals surface area contributed by atoms with Crippen LogP contribution in [-0.4, -0.2) is 23.4 Å². The Morgan fingerprint density at radius 1 is 1.58 bits per heavy atom. The summed E-state index contributed by atoms with van der Waals surface area (Å²) in [6.07, 6.45) is -4.27. The van der Waals surface area contributed by atoms with Gasteiger partial charge in [0.05, 0.1) is 0 Å². The minimum absolute atomic E-state index is 0.0329. The largest absolute Gasteiger partial charge is 0.480 e. The second-order valence-electron chi connectivity index (χ2n) is 2.32. The van der Waals surface area contributed by atoms with Gasteiger partial charge in [-0.15, -0.1) is 0 Å². The van der Waals surface area contributed by atoms with Crippen molar-refractivity contribution in [2.75, 3.05) is 0 Å². The lowest BCUT2D eigenvalue weighted by atomic mass is 10.2. The maximum Gasteiger partial charge on any atom is 0.457 e. The van der Waals surface area contributed by atoms with Crippen LogP contribution >= 0.6 is 0 Å². The molecule has 0 spiro atoms. The summed E-state index contributed by atoms with van der Waals surface area (Å²) in [5.41, 5.74) is 0. The third-order valence-electron chi connectivity index (χ3n) is 1.21. The van der Waals surface area contributed by atoms with Gasteiger partial charge in [-0.05, 0) is 6.42 Å². The van der Waals surface area contributed by atoms with E-state index in [1.165, 1.54) is 0 Å². The van der Waals surface area contributed by atoms with Crippen LogP contribution in [0.25, 0.3) is 0 Å². The van der Waals surface area contributed by atoms with Gasteiger partial charge in [0.2, 0.25) is 0 Å². The van der Waals surface area contributed by atoms with E-state index in [1.54, 1.807) is 6.92 Å². The zero-order chi connectivity index (χ0) is 9.78. The third-order valence-corrected chi connectivity index (χ3v) is 1.21. The van der Waals surface area contributed by atoms with Gasteiger partial charge >= 0.3 is 12.3 Å². The smallest absolute Gasteiger partial charge is 0.457 e. The molecular weight excluding hydrogens is 175 g/mol. The fraction of sp³-hybridized carbons (Fsp3) is 0.833. The van der Waals surface area contributed by atoms with E-state index in [2.05, 4.69) is 0 Å². The van der Waals surface area contributed by atoms with E-state index < -0.39 is 18.3 Å². The highest BCUT2D eigenvalue weighted by atomic mass is 19.4. The monoisotopic (exact) mass is 185 g/mol. The first-order chi connectivity index (χ1) is 5.37. The van der Waals surface area contributed by atoms with Crippen molar-refractivity contribution >= 4 is 5.97 Å². The van der Waals surface area contributed by atoms with Crippen molar-refractivity contribution in [3.63, 3.8) is 0 Å². The summed E-state index contributed by atoms with van der Waals surface area (Å²) < 4.78 is 34.8. The Kier molecular flexibility index (Phi) is 4.02. The molecule has 0 aromatic heterocycles. The standard InChI is InChI=1S/C6H10F3NO2/c1-2-3-4(5(11)12)10-6(7,8)9/h4,10H,2-3H2,1H3,(H,11,12)/t4-/m0/s1. The second-order valence-corrected chi connectivity index (χ2v) is 2.32. The van der Waals surface area contributed by atoms with Gasteiger partial charge in [-0.3, -0.25) is 4.79 Å². The predicted molar refractivity (Wildman–Crippen MR) is 35.5 cm³/mol. The van der Waals surface area contributed by atoms with Crippen molar-refractivity contribution in [3.8, 4) is 0 Å². The molecule has 0 aliphatic heterocycles. The van der Waals surface area contributed by atoms with E-state index in [0.29, 0.717) is 6.42 Å². The average Bonchev–Trinajstić information content (AvgIpc) is 1.83. The minimum Gasteiger partial charge on any atom is -0.480 e. The average molecular weight is 185 g/mol. The Morgan fingerprint density at radius 2 is 2.08 bits per heavy atom. The number of halogens is 3. The first kappa shape index (κ1) is 11.2. The molecule has 72 valence electrons. The van der Waals surface area contributed by atoms with E-state index >= 15 is 0 Å². The molecule has 12 heavy (non-hydrogen) atoms. The quantitative estimate of drug-likeness (QED) is 0.650. The van der Waals surface area contributed by atoms with Crippen molar-refractivity contribution in [1.29, 1.82) is 0 Å². The van der Waals surface area contributed by atoms with Gasteiger partial charge in [-0.1, -0.05) is 13.3 Å². The highest BCUT2D eigenvalue weighted by molar-refractivity contribution is 5.73. The van der Waals surface area contributed by atoms with Gasteiger partial charge in [-0.2, -0.15) is 13.2 Å². The minimum atomic E-state index is -4.63. The number of hydrogen-bond acceptors (Lipinski definition) is 2. The van der Waals surface area contributed by atoms with E-state index in [4.69, 9.17) is 5.11 Å². The molecule has 0 heterocycles. The molecule has 0 aromatic rings. The molecule has 0 radical (unpaired) electrons. The van der Waals surface area contributed by atoms with Gasteiger partial charge in [0.25, 0.3) is 0 Å². The molecule has 0 saturated heterocycles. The molecular formula is C6H10F3NO2. The van der Waals surface area contributed by atoms with Crippen molar-refractivity contribution in [1.82, 2.24) is 5.32 Å². The molecule has 0 bridgehead atoms. The Balaban J connectivity index is 4.05. The van der Waals surface area contributed by atoms with Gasteiger partial charge in [-0.25, -0.2) is 5.32 Å². The molecule has 0 aromatic carbocycles. The molecule has 0 unspecified atom stereocenters. The number of carbonyl (C=O) groups is 1. The maximum atomic E-state index is 11.6. The molecule has 0 aliphatic rings. The highest BCUT2D eigenvalue weighted by Crippen LogP contribution is 2.12. The first-order valence-corrected chi connectivity index (χ1v) is 3.44. The van der Waals surface area contributed by atoms with Crippen LogP contribution in [0.2, 0.25) is 0 Å². The molecule has 0 amide bonds. The van der Waals surface area contributed by atoms with Crippen LogP contribution in [0.1, 0.15) is 19.8 Å². The van der Waals surface area contributed by atoms with E-state index in [-0.39, 0.29) is 6.42 Å². The Labute approximate surface area is 67.6 Å². The van der Waals surface area contributed by atoms with Crippen LogP contribution < -0.4 is 5.32 Å². The van der Waals surface area contributed by atoms with Crippen molar-refractivity contribution < 1.29 is 23.1 Å². The number of carboxylic acid groups (broad SMARTS) is 1. The van der Waals surface area contributed by atoms with E-state index in [9.17, 15) is 18.0 Å². The summed E-state index contributed by atoms with van der Waals surface area (Å²) in [5.74, 6) is -1.48. The summed E-state index contributed by atoms with van der Waals surface area (Å²) in [5, 5.41) is 9.36. The normalized spacial score (nSPS) is 14.3. The van der Waals surface area contributed by atoms with Gasteiger partial charge in [0.1, 0.15) is 6.04 Å². The summed E-state index contributed by atoms with van der Waals surface area (Å²) in [7, 11) is 0. The zero-order valence-electron chi connectivity index (χ0n) is 6.48. The number of aliphatic carboxylic acids is 1. The molecule has 2 N–H and O–H groups in total. The highest BCUT2D eigenvalue weighted by Gasteiger charge is 2.33. The first-order valence-electron chi connectivity index (χ1n) is 3.44. The lowest BCUT2D eigenvalue weighted by Crippen LogP contribution is -2.45. The summed E-state index contributed by atoms with van der Waals surface area (Å²) in [4.78, 5) is 10.2. The van der Waals surface area contributed by atoms with Gasteiger partial charge in [0, 0.05) is 0 Å². The molecule has 0 saturated carbocycles. The molecule has 0 fully saturated rings. The molecule has 0 aliphatic carbocycles. The zero-order valence-corrected chi connectivity index (χ0v) is 6.48. The molecule has 1 atom stereocenters. The third kappa shape index (κ3) is 4.95. The Bertz CT molecular complexity index is 157. The van der Waals surface area contributed by atoms with Crippen LogP contribution in [-0.2, 0) is 4.79 Å². The van der Waals surface area contributed by atoms with E-state index in [1.807, 2.05) is 0 Å². The van der Waals surface area contributed by atoms with Crippen molar-refractivity contribution in [2.45, 2.75) is 32.1 Å². The predicted octanol–water partition coefficient (Wildman–Crippen LogP) is 1.35. The van der Waals surface area contributed by atoms with Crippen molar-refractivity contribution in [2.24, 2.45) is 0 Å². The Morgan fingerprint density at radius 3 is 2.33 bits per heavy atom. The fourth-order valence-electron chi connectivity index (χ4n) is 0.744. The number of hydrogen-bond donors (Lipinski definition) is 2. The van der Waals surface area contributed by atoms with Gasteiger partial charge in [0.15, 0.2) is 0 Å².